The quantitative estimate of drug-likeness (QED) is 0.735. The molecule has 3 aromatic rings. The highest BCUT2D eigenvalue weighted by atomic mass is 16.5. The maximum atomic E-state index is 12.6. The number of benzene rings is 1. The number of nitrogens with one attached hydrogen (secondary N) is 1. The highest BCUT2D eigenvalue weighted by molar-refractivity contribution is 5.93. The van der Waals surface area contributed by atoms with Crippen LogP contribution in [-0.2, 0) is 11.2 Å². The van der Waals surface area contributed by atoms with E-state index in [0.29, 0.717) is 23.9 Å². The first kappa shape index (κ1) is 16.6. The van der Waals surface area contributed by atoms with Crippen LogP contribution in [0.2, 0.25) is 0 Å². The number of carbonyl (C=O) groups excluding carboxylic acids is 1. The molecule has 1 amide bonds. The van der Waals surface area contributed by atoms with Gasteiger partial charge in [0.05, 0.1) is 12.7 Å². The molecule has 1 aliphatic rings. The smallest absolute Gasteiger partial charge is 0.238 e. The van der Waals surface area contributed by atoms with E-state index in [0.717, 1.165) is 36.9 Å². The fraction of sp³-hybridized carbons (Fsp3) is 0.350. The Kier molecular flexibility index (Phi) is 4.82. The van der Waals surface area contributed by atoms with E-state index in [1.165, 1.54) is 6.42 Å². The molecule has 0 radical (unpaired) electrons. The summed E-state index contributed by atoms with van der Waals surface area (Å²) in [6.07, 6.45) is 7.48. The van der Waals surface area contributed by atoms with Crippen LogP contribution < -0.4 is 5.32 Å². The largest absolute Gasteiger partial charge is 0.461 e. The van der Waals surface area contributed by atoms with Crippen molar-refractivity contribution in [1.82, 2.24) is 10.1 Å². The first-order valence-electron chi connectivity index (χ1n) is 9.05. The summed E-state index contributed by atoms with van der Waals surface area (Å²) in [6, 6.07) is 11.3. The second-order valence-corrected chi connectivity index (χ2v) is 6.65. The summed E-state index contributed by atoms with van der Waals surface area (Å²) in [6.45, 7) is 0. The molecule has 134 valence electrons. The lowest BCUT2D eigenvalue weighted by Crippen LogP contribution is -2.25. The Hall–Kier alpha value is -2.89. The molecular weight excluding hydrogens is 330 g/mol. The maximum Gasteiger partial charge on any atom is 0.238 e. The predicted molar refractivity (Wildman–Crippen MR) is 96.5 cm³/mol. The molecule has 1 fully saturated rings. The molecule has 1 N–H and O–H groups in total. The number of para-hydroxylation sites is 1. The molecular formula is C20H21N3O3. The first-order valence-corrected chi connectivity index (χ1v) is 9.05. The number of anilines is 1. The third-order valence-corrected chi connectivity index (χ3v) is 4.80. The van der Waals surface area contributed by atoms with E-state index < -0.39 is 0 Å². The van der Waals surface area contributed by atoms with Gasteiger partial charge in [-0.2, -0.15) is 4.98 Å². The molecule has 4 rings (SSSR count). The number of nitrogens with zero attached hydrogens (tertiary/aromatic N) is 2. The minimum absolute atomic E-state index is 0.110. The van der Waals surface area contributed by atoms with E-state index in [2.05, 4.69) is 15.5 Å². The summed E-state index contributed by atoms with van der Waals surface area (Å²) < 4.78 is 10.6. The molecule has 0 saturated heterocycles. The monoisotopic (exact) mass is 351 g/mol. The fourth-order valence-corrected chi connectivity index (χ4v) is 3.39. The topological polar surface area (TPSA) is 81.2 Å². The van der Waals surface area contributed by atoms with Gasteiger partial charge >= 0.3 is 0 Å². The van der Waals surface area contributed by atoms with Crippen LogP contribution in [0.25, 0.3) is 11.6 Å². The van der Waals surface area contributed by atoms with Crippen LogP contribution in [0.15, 0.2) is 51.6 Å². The molecule has 0 atom stereocenters. The third-order valence-electron chi connectivity index (χ3n) is 4.80. The average Bonchev–Trinajstić information content (AvgIpc) is 3.36. The lowest BCUT2D eigenvalue weighted by Gasteiger charge is -2.21. The standard InChI is InChI=1S/C20H21N3O3/c24-20(14-7-2-1-3-8-14)21-16-10-5-4-9-15(16)13-18-22-19(23-26-18)17-11-6-12-25-17/h4-6,9-12,14H,1-3,7-8,13H2,(H,21,24). The fourth-order valence-electron chi connectivity index (χ4n) is 3.39. The van der Waals surface area contributed by atoms with E-state index in [1.807, 2.05) is 24.3 Å². The molecule has 0 unspecified atom stereocenters. The van der Waals surface area contributed by atoms with Crippen molar-refractivity contribution >= 4 is 11.6 Å². The highest BCUT2D eigenvalue weighted by Gasteiger charge is 2.22. The minimum Gasteiger partial charge on any atom is -0.461 e. The van der Waals surface area contributed by atoms with Crippen molar-refractivity contribution < 1.29 is 13.7 Å². The second kappa shape index (κ2) is 7.56. The van der Waals surface area contributed by atoms with Crippen molar-refractivity contribution in [2.45, 2.75) is 38.5 Å². The molecule has 2 aromatic heterocycles. The zero-order chi connectivity index (χ0) is 17.8. The minimum atomic E-state index is 0.110. The number of furan rings is 1. The van der Waals surface area contributed by atoms with Gasteiger partial charge in [0.15, 0.2) is 5.76 Å². The summed E-state index contributed by atoms with van der Waals surface area (Å²) >= 11 is 0. The number of hydrogen-bond donors (Lipinski definition) is 1. The number of rotatable bonds is 5. The van der Waals surface area contributed by atoms with E-state index in [9.17, 15) is 4.79 Å². The van der Waals surface area contributed by atoms with Crippen LogP contribution in [0.3, 0.4) is 0 Å². The number of amides is 1. The van der Waals surface area contributed by atoms with Gasteiger partial charge in [-0.3, -0.25) is 4.79 Å². The van der Waals surface area contributed by atoms with Crippen LogP contribution in [0.5, 0.6) is 0 Å². The van der Waals surface area contributed by atoms with Gasteiger partial charge in [-0.1, -0.05) is 42.6 Å². The molecule has 1 aromatic carbocycles. The Labute approximate surface area is 151 Å². The molecule has 0 bridgehead atoms. The van der Waals surface area contributed by atoms with Crippen LogP contribution in [-0.4, -0.2) is 16.0 Å². The molecule has 1 saturated carbocycles. The van der Waals surface area contributed by atoms with E-state index in [1.54, 1.807) is 18.4 Å². The molecule has 0 aliphatic heterocycles. The van der Waals surface area contributed by atoms with Gasteiger partial charge in [0.25, 0.3) is 0 Å². The summed E-state index contributed by atoms with van der Waals surface area (Å²) in [5.41, 5.74) is 1.76. The summed E-state index contributed by atoms with van der Waals surface area (Å²) in [5, 5.41) is 7.04. The van der Waals surface area contributed by atoms with Crippen LogP contribution in [0.1, 0.15) is 43.6 Å². The van der Waals surface area contributed by atoms with E-state index >= 15 is 0 Å². The van der Waals surface area contributed by atoms with Gasteiger partial charge in [0.1, 0.15) is 0 Å². The van der Waals surface area contributed by atoms with Crippen molar-refractivity contribution in [2.75, 3.05) is 5.32 Å². The van der Waals surface area contributed by atoms with Crippen LogP contribution >= 0.6 is 0 Å². The summed E-state index contributed by atoms with van der Waals surface area (Å²) in [7, 11) is 0. The molecule has 26 heavy (non-hydrogen) atoms. The lowest BCUT2D eigenvalue weighted by molar-refractivity contribution is -0.120. The van der Waals surface area contributed by atoms with Gasteiger partial charge in [-0.25, -0.2) is 0 Å². The maximum absolute atomic E-state index is 12.6. The lowest BCUT2D eigenvalue weighted by atomic mass is 9.88. The van der Waals surface area contributed by atoms with Crippen molar-refractivity contribution in [1.29, 1.82) is 0 Å². The average molecular weight is 351 g/mol. The van der Waals surface area contributed by atoms with Gasteiger partial charge in [0.2, 0.25) is 17.6 Å². The first-order chi connectivity index (χ1) is 12.8. The number of aromatic nitrogens is 2. The van der Waals surface area contributed by atoms with Crippen LogP contribution in [0, 0.1) is 5.92 Å². The molecule has 2 heterocycles. The van der Waals surface area contributed by atoms with Crippen molar-refractivity contribution in [2.24, 2.45) is 5.92 Å². The summed E-state index contributed by atoms with van der Waals surface area (Å²) in [4.78, 5) is 16.9. The number of hydrogen-bond acceptors (Lipinski definition) is 5. The molecule has 6 nitrogen and oxygen atoms in total. The van der Waals surface area contributed by atoms with Crippen molar-refractivity contribution in [3.8, 4) is 11.6 Å². The molecule has 6 heteroatoms. The highest BCUT2D eigenvalue weighted by Crippen LogP contribution is 2.26. The Morgan fingerprint density at radius 3 is 2.77 bits per heavy atom. The molecule has 1 aliphatic carbocycles. The van der Waals surface area contributed by atoms with Crippen LogP contribution in [0.4, 0.5) is 5.69 Å². The Morgan fingerprint density at radius 2 is 1.96 bits per heavy atom. The Bertz CT molecular complexity index is 864. The Morgan fingerprint density at radius 1 is 1.12 bits per heavy atom. The van der Waals surface area contributed by atoms with E-state index in [-0.39, 0.29) is 11.8 Å². The van der Waals surface area contributed by atoms with Gasteiger partial charge in [0, 0.05) is 11.6 Å². The van der Waals surface area contributed by atoms with Crippen molar-refractivity contribution in [3.05, 3.63) is 54.1 Å². The normalized spacial score (nSPS) is 15.1. The van der Waals surface area contributed by atoms with Gasteiger partial charge in [-0.05, 0) is 36.6 Å². The predicted octanol–water partition coefficient (Wildman–Crippen LogP) is 4.44. The zero-order valence-corrected chi connectivity index (χ0v) is 14.5. The van der Waals surface area contributed by atoms with Gasteiger partial charge in [-0.15, -0.1) is 0 Å². The molecule has 0 spiro atoms. The third kappa shape index (κ3) is 3.69. The summed E-state index contributed by atoms with van der Waals surface area (Å²) in [5.74, 6) is 1.70. The van der Waals surface area contributed by atoms with E-state index in [4.69, 9.17) is 8.94 Å². The van der Waals surface area contributed by atoms with Gasteiger partial charge < -0.3 is 14.3 Å². The number of carbonyl (C=O) groups is 1. The zero-order valence-electron chi connectivity index (χ0n) is 14.5. The Balaban J connectivity index is 1.48. The van der Waals surface area contributed by atoms with Crippen molar-refractivity contribution in [3.63, 3.8) is 0 Å². The SMILES string of the molecule is O=C(Nc1ccccc1Cc1nc(-c2ccco2)no1)C1CCCCC1. The second-order valence-electron chi connectivity index (χ2n) is 6.65.